The van der Waals surface area contributed by atoms with Crippen molar-refractivity contribution in [3.05, 3.63) is 30.3 Å². The smallest absolute Gasteiger partial charge is 0.266 e. The van der Waals surface area contributed by atoms with E-state index in [1.807, 2.05) is 0 Å². The van der Waals surface area contributed by atoms with Gasteiger partial charge in [0.25, 0.3) is 10.1 Å². The predicted molar refractivity (Wildman–Crippen MR) is 59.5 cm³/mol. The fourth-order valence-electron chi connectivity index (χ4n) is 0.975. The maximum atomic E-state index is 11.5. The van der Waals surface area contributed by atoms with E-state index in [0.29, 0.717) is 6.42 Å². The zero-order chi connectivity index (χ0) is 11.3. The highest BCUT2D eigenvalue weighted by atomic mass is 35.5. The molecule has 1 rings (SSSR count). The van der Waals surface area contributed by atoms with Crippen LogP contribution in [0.3, 0.4) is 0 Å². The van der Waals surface area contributed by atoms with E-state index in [1.54, 1.807) is 25.1 Å². The Hall–Kier alpha value is -0.580. The molecule has 0 spiro atoms. The molecule has 0 bridgehead atoms. The topological polar surface area (TPSA) is 43.4 Å². The van der Waals surface area contributed by atoms with Crippen LogP contribution >= 0.6 is 11.6 Å². The minimum Gasteiger partial charge on any atom is -0.266 e. The fraction of sp³-hybridized carbons (Fsp3) is 0.400. The molecule has 0 N–H and O–H groups in total. The summed E-state index contributed by atoms with van der Waals surface area (Å²) in [5.74, 6) is 0. The molecule has 0 aliphatic rings. The highest BCUT2D eigenvalue weighted by molar-refractivity contribution is 7.86. The van der Waals surface area contributed by atoms with Crippen LogP contribution in [0.25, 0.3) is 0 Å². The quantitative estimate of drug-likeness (QED) is 0.594. The Labute approximate surface area is 95.1 Å². The van der Waals surface area contributed by atoms with Gasteiger partial charge in [0, 0.05) is 5.38 Å². The summed E-state index contributed by atoms with van der Waals surface area (Å²) in [5.41, 5.74) is 0. The van der Waals surface area contributed by atoms with Crippen molar-refractivity contribution >= 4 is 21.7 Å². The summed E-state index contributed by atoms with van der Waals surface area (Å²) < 4.78 is 27.9. The Morgan fingerprint density at radius 2 is 1.93 bits per heavy atom. The summed E-state index contributed by atoms with van der Waals surface area (Å²) in [7, 11) is -3.61. The van der Waals surface area contributed by atoms with Gasteiger partial charge in [-0.05, 0) is 25.5 Å². The van der Waals surface area contributed by atoms with Crippen LogP contribution in [-0.4, -0.2) is 20.4 Å². The molecule has 1 atom stereocenters. The average molecular weight is 249 g/mol. The first-order valence-electron chi connectivity index (χ1n) is 4.61. The average Bonchev–Trinajstić information content (AvgIpc) is 2.18. The van der Waals surface area contributed by atoms with Crippen LogP contribution in [0.4, 0.5) is 0 Å². The third-order valence-corrected chi connectivity index (χ3v) is 3.33. The van der Waals surface area contributed by atoms with E-state index in [2.05, 4.69) is 0 Å². The molecule has 1 unspecified atom stereocenters. The molecule has 0 aliphatic heterocycles. The van der Waals surface area contributed by atoms with Crippen LogP contribution in [0.1, 0.15) is 13.3 Å². The zero-order valence-corrected chi connectivity index (χ0v) is 9.96. The number of rotatable bonds is 5. The molecule has 1 aromatic carbocycles. The number of benzene rings is 1. The van der Waals surface area contributed by atoms with Crippen molar-refractivity contribution in [2.24, 2.45) is 0 Å². The molecule has 0 saturated carbocycles. The second kappa shape index (κ2) is 5.49. The van der Waals surface area contributed by atoms with Crippen molar-refractivity contribution in [1.82, 2.24) is 0 Å². The second-order valence-corrected chi connectivity index (χ2v) is 5.52. The summed E-state index contributed by atoms with van der Waals surface area (Å²) in [5, 5.41) is -0.0871. The van der Waals surface area contributed by atoms with Gasteiger partial charge in [0.2, 0.25) is 0 Å². The summed E-state index contributed by atoms with van der Waals surface area (Å²) in [6, 6.07) is 8.06. The van der Waals surface area contributed by atoms with Gasteiger partial charge in [-0.2, -0.15) is 8.42 Å². The Morgan fingerprint density at radius 3 is 2.47 bits per heavy atom. The molecule has 1 aromatic rings. The van der Waals surface area contributed by atoms with Crippen molar-refractivity contribution in [1.29, 1.82) is 0 Å². The summed E-state index contributed by atoms with van der Waals surface area (Å²) in [6.45, 7) is 1.90. The molecule has 84 valence electrons. The normalized spacial score (nSPS) is 13.7. The van der Waals surface area contributed by atoms with Crippen LogP contribution in [-0.2, 0) is 14.3 Å². The Morgan fingerprint density at radius 1 is 1.33 bits per heavy atom. The lowest BCUT2D eigenvalue weighted by atomic mass is 10.4. The lowest BCUT2D eigenvalue weighted by molar-refractivity contribution is 0.312. The first-order chi connectivity index (χ1) is 7.02. The molecule has 0 saturated heterocycles. The van der Waals surface area contributed by atoms with Crippen LogP contribution in [0, 0.1) is 0 Å². The fourth-order valence-corrected chi connectivity index (χ4v) is 2.01. The van der Waals surface area contributed by atoms with Crippen LogP contribution in [0.5, 0.6) is 0 Å². The van der Waals surface area contributed by atoms with Crippen molar-refractivity contribution in [3.63, 3.8) is 0 Å². The van der Waals surface area contributed by atoms with Gasteiger partial charge in [0.1, 0.15) is 0 Å². The Bertz CT molecular complexity index is 386. The standard InChI is InChI=1S/C10H13ClO3S/c1-9(11)7-8-14-15(12,13)10-5-3-2-4-6-10/h2-6,9H,7-8H2,1H3. The number of alkyl halides is 1. The molecule has 0 heterocycles. The maximum Gasteiger partial charge on any atom is 0.296 e. The molecule has 0 aromatic heterocycles. The van der Waals surface area contributed by atoms with Gasteiger partial charge in [-0.25, -0.2) is 0 Å². The number of hydrogen-bond donors (Lipinski definition) is 0. The zero-order valence-electron chi connectivity index (χ0n) is 8.39. The largest absolute Gasteiger partial charge is 0.296 e. The van der Waals surface area contributed by atoms with Gasteiger partial charge in [-0.1, -0.05) is 18.2 Å². The number of hydrogen-bond acceptors (Lipinski definition) is 3. The molecule has 0 aliphatic carbocycles. The first-order valence-corrected chi connectivity index (χ1v) is 6.45. The van der Waals surface area contributed by atoms with E-state index < -0.39 is 10.1 Å². The highest BCUT2D eigenvalue weighted by Gasteiger charge is 2.14. The van der Waals surface area contributed by atoms with Crippen molar-refractivity contribution in [3.8, 4) is 0 Å². The summed E-state index contributed by atoms with van der Waals surface area (Å²) in [6.07, 6.45) is 0.508. The van der Waals surface area contributed by atoms with E-state index in [-0.39, 0.29) is 16.9 Å². The molecule has 0 fully saturated rings. The molecular formula is C10H13ClO3S. The molecule has 3 nitrogen and oxygen atoms in total. The van der Waals surface area contributed by atoms with Crippen molar-refractivity contribution in [2.75, 3.05) is 6.61 Å². The van der Waals surface area contributed by atoms with Crippen LogP contribution in [0.15, 0.2) is 35.2 Å². The first kappa shape index (κ1) is 12.5. The Balaban J connectivity index is 2.61. The van der Waals surface area contributed by atoms with Gasteiger partial charge < -0.3 is 0 Å². The number of halogens is 1. The third kappa shape index (κ3) is 4.20. The summed E-state index contributed by atoms with van der Waals surface area (Å²) >= 11 is 5.68. The van der Waals surface area contributed by atoms with Crippen LogP contribution in [0.2, 0.25) is 0 Å². The molecule has 0 amide bonds. The predicted octanol–water partition coefficient (Wildman–Crippen LogP) is 2.41. The van der Waals surface area contributed by atoms with E-state index in [1.165, 1.54) is 12.1 Å². The van der Waals surface area contributed by atoms with Gasteiger partial charge >= 0.3 is 0 Å². The molecule has 5 heteroatoms. The SMILES string of the molecule is CC(Cl)CCOS(=O)(=O)c1ccccc1. The van der Waals surface area contributed by atoms with Gasteiger partial charge in [-0.3, -0.25) is 4.18 Å². The van der Waals surface area contributed by atoms with Gasteiger partial charge in [0.15, 0.2) is 0 Å². The van der Waals surface area contributed by atoms with E-state index in [4.69, 9.17) is 15.8 Å². The molecular weight excluding hydrogens is 236 g/mol. The Kier molecular flexibility index (Phi) is 4.57. The maximum absolute atomic E-state index is 11.5. The summed E-state index contributed by atoms with van der Waals surface area (Å²) in [4.78, 5) is 0.173. The second-order valence-electron chi connectivity index (χ2n) is 3.16. The lowest BCUT2D eigenvalue weighted by Crippen LogP contribution is -2.09. The highest BCUT2D eigenvalue weighted by Crippen LogP contribution is 2.12. The van der Waals surface area contributed by atoms with Crippen molar-refractivity contribution < 1.29 is 12.6 Å². The van der Waals surface area contributed by atoms with E-state index in [9.17, 15) is 8.42 Å². The van der Waals surface area contributed by atoms with Gasteiger partial charge in [0.05, 0.1) is 11.5 Å². The minimum absolute atomic E-state index is 0.0871. The lowest BCUT2D eigenvalue weighted by Gasteiger charge is -2.05. The van der Waals surface area contributed by atoms with Gasteiger partial charge in [-0.15, -0.1) is 11.6 Å². The van der Waals surface area contributed by atoms with E-state index in [0.717, 1.165) is 0 Å². The molecule has 0 radical (unpaired) electrons. The molecule has 15 heavy (non-hydrogen) atoms. The monoisotopic (exact) mass is 248 g/mol. The van der Waals surface area contributed by atoms with Crippen molar-refractivity contribution in [2.45, 2.75) is 23.6 Å². The van der Waals surface area contributed by atoms with Crippen LogP contribution < -0.4 is 0 Å². The van der Waals surface area contributed by atoms with E-state index >= 15 is 0 Å². The third-order valence-electron chi connectivity index (χ3n) is 1.79. The minimum atomic E-state index is -3.61.